The van der Waals surface area contributed by atoms with Crippen LogP contribution in [-0.4, -0.2) is 80.6 Å². The standard InChI is InChI=1S/C66H56N2O4.C29H25NO3.C12H18O5P2.C5H12.C4H8O.C4H10O/c1-71-65-43-39-63(40-44-65)68(64-41-45-66(72-2)46-42-64)60-33-25-56(26-34-60)22-20-54-17-13-52(14-18-54)10-8-50-5-3-49(4-6-50)7-9-51-11-15-53(16-12-51)19-21-55-23-31-59(32-24-55)67(61-35-27-57(47-69)28-36-61)62-37-29-58(48-70)30-38-62;31-19-24-5-3-22(4-6-24)1-2-23-7-13-27(14-8-23)30(28-15-9-25(20-32)10-16-28)29-17-11-26(21-33)12-18-29;1-3-16-19(14,17-4-2)10-12-7-5-11(6-8-12)9-15-18-13;1-3-5-4-2;1-2-4-5-3-1;1-3-5-4-2/h3-46,69-70H,47-48H2,1-2H3;1-19,32-33H,20-21H2;5-8H,3-4,9-10H2,1-2H3;3-5H2,1-2H3;1-4H2;3-4H2,1-2H3/b9-7+,10-8+,21-19+,22-20+;2-1+;;;;. The predicted molar refractivity (Wildman–Crippen MR) is 577 cm³/mol. The number of ether oxygens (including phenoxy) is 4. The SMILES string of the molecule is C1CCOC1.CCCCC.CCOCC.CCOP(=O)(Cc1ccc(COP=O)cc1)OCC.COc1ccc(N(c2ccc(/C=C/c3ccc(/C=C/c4ccc(/C=C/c5ccc(/C=C/c6ccc(N(c7ccc(CO)cc7)c7ccc(CO)cc7)cc6)cc5)cc4)cc3)cc2)c2ccc(OC)cc2)cc1.O=Cc1ccc(/C=C/c2ccc(N(c3ccc(CO)cc3)c3ccc(CO)cc3)cc2)cc1. The van der Waals surface area contributed by atoms with Crippen LogP contribution in [0.3, 0.4) is 0 Å². The molecule has 0 radical (unpaired) electrons. The second kappa shape index (κ2) is 60.2. The van der Waals surface area contributed by atoms with E-state index < -0.39 is 7.60 Å². The molecular formula is C120H129N3O14P2. The molecule has 0 spiro atoms. The number of carbonyl (C=O) groups excluding carboxylic acids is 1. The first-order valence-corrected chi connectivity index (χ1v) is 49.7. The fourth-order valence-corrected chi connectivity index (χ4v) is 16.4. The third-order valence-corrected chi connectivity index (χ3v) is 24.4. The van der Waals surface area contributed by atoms with Crippen molar-refractivity contribution >= 4 is 135 Å². The van der Waals surface area contributed by atoms with Crippen molar-refractivity contribution in [3.05, 3.63) is 434 Å². The van der Waals surface area contributed by atoms with E-state index in [9.17, 15) is 34.4 Å². The Bertz CT molecular complexity index is 5690. The Balaban J connectivity index is 0.000000241. The van der Waals surface area contributed by atoms with Crippen molar-refractivity contribution in [3.8, 4) is 11.5 Å². The lowest BCUT2D eigenvalue weighted by molar-refractivity contribution is 0.112. The topological polar surface area (TPSA) is 206 Å². The summed E-state index contributed by atoms with van der Waals surface area (Å²) in [5.41, 5.74) is 26.0. The number of unbranched alkanes of at least 4 members (excludes halogenated alkanes) is 2. The molecule has 0 amide bonds. The van der Waals surface area contributed by atoms with Crippen molar-refractivity contribution < 1.29 is 66.9 Å². The summed E-state index contributed by atoms with van der Waals surface area (Å²) in [6.45, 7) is 16.7. The van der Waals surface area contributed by atoms with Crippen LogP contribution in [0, 0.1) is 0 Å². The maximum Gasteiger partial charge on any atom is 0.335 e. The monoisotopic (exact) mass is 1900 g/mol. The van der Waals surface area contributed by atoms with Crippen LogP contribution in [0.25, 0.3) is 60.8 Å². The van der Waals surface area contributed by atoms with Crippen LogP contribution in [0.1, 0.15) is 173 Å². The van der Waals surface area contributed by atoms with Gasteiger partial charge in [0.1, 0.15) is 17.8 Å². The van der Waals surface area contributed by atoms with E-state index in [2.05, 4.69) is 247 Å². The molecule has 0 aliphatic carbocycles. The van der Waals surface area contributed by atoms with Crippen LogP contribution in [0.4, 0.5) is 51.2 Å². The van der Waals surface area contributed by atoms with Gasteiger partial charge in [0.05, 0.1) is 66.6 Å². The first-order chi connectivity index (χ1) is 68.1. The van der Waals surface area contributed by atoms with Crippen LogP contribution in [-0.2, 0) is 71.4 Å². The highest BCUT2D eigenvalue weighted by Crippen LogP contribution is 2.51. The van der Waals surface area contributed by atoms with Gasteiger partial charge >= 0.3 is 16.3 Å². The highest BCUT2D eigenvalue weighted by atomic mass is 31.2. The number of carbonyl (C=O) groups is 1. The fourth-order valence-electron chi connectivity index (χ4n) is 14.5. The van der Waals surface area contributed by atoms with E-state index in [4.69, 9.17) is 32.5 Å². The third kappa shape index (κ3) is 36.1. The van der Waals surface area contributed by atoms with E-state index in [0.29, 0.717) is 18.8 Å². The smallest absolute Gasteiger partial charge is 0.335 e. The van der Waals surface area contributed by atoms with Crippen molar-refractivity contribution in [2.75, 3.05) is 68.6 Å². The molecule has 4 N–H and O–H groups in total. The van der Waals surface area contributed by atoms with Crippen molar-refractivity contribution in [2.24, 2.45) is 0 Å². The van der Waals surface area contributed by atoms with Gasteiger partial charge in [0, 0.05) is 83.2 Å². The van der Waals surface area contributed by atoms with E-state index in [1.807, 2.05) is 184 Å². The largest absolute Gasteiger partial charge is 0.497 e. The molecule has 17 nitrogen and oxygen atoms in total. The van der Waals surface area contributed by atoms with Gasteiger partial charge in [-0.2, -0.15) is 0 Å². The molecule has 1 fully saturated rings. The quantitative estimate of drug-likeness (QED) is 0.0161. The van der Waals surface area contributed by atoms with Gasteiger partial charge in [0.15, 0.2) is 0 Å². The molecule has 15 rings (SSSR count). The minimum atomic E-state index is -3.06. The summed E-state index contributed by atoms with van der Waals surface area (Å²) < 4.78 is 58.3. The van der Waals surface area contributed by atoms with Crippen molar-refractivity contribution in [1.82, 2.24) is 0 Å². The minimum Gasteiger partial charge on any atom is -0.497 e. The molecule has 19 heteroatoms. The Hall–Kier alpha value is -13.6. The lowest BCUT2D eigenvalue weighted by Crippen LogP contribution is -2.10. The van der Waals surface area contributed by atoms with Crippen LogP contribution in [0.2, 0.25) is 0 Å². The number of hydrogen-bond donors (Lipinski definition) is 4. The molecular weight excluding hydrogens is 1770 g/mol. The Morgan fingerprint density at radius 1 is 0.302 bits per heavy atom. The van der Waals surface area contributed by atoms with E-state index >= 15 is 0 Å². The summed E-state index contributed by atoms with van der Waals surface area (Å²) in [5.74, 6) is 1.63. The second-order valence-electron chi connectivity index (χ2n) is 32.1. The molecule has 0 saturated carbocycles. The molecule has 14 aromatic carbocycles. The van der Waals surface area contributed by atoms with Crippen molar-refractivity contribution in [2.45, 2.75) is 113 Å². The molecule has 1 aliphatic rings. The highest BCUT2D eigenvalue weighted by molar-refractivity contribution is 7.53. The lowest BCUT2D eigenvalue weighted by Gasteiger charge is -2.26. The van der Waals surface area contributed by atoms with Crippen molar-refractivity contribution in [1.29, 1.82) is 0 Å². The van der Waals surface area contributed by atoms with E-state index in [1.54, 1.807) is 40.2 Å². The Morgan fingerprint density at radius 3 is 0.698 bits per heavy atom. The number of aliphatic hydroxyl groups excluding tert-OH is 4. The molecule has 0 bridgehead atoms. The highest BCUT2D eigenvalue weighted by Gasteiger charge is 2.24. The number of rotatable bonds is 39. The summed E-state index contributed by atoms with van der Waals surface area (Å²) in [4.78, 5) is 17.3. The molecule has 0 aromatic heterocycles. The first-order valence-electron chi connectivity index (χ1n) is 47.2. The molecule has 139 heavy (non-hydrogen) atoms. The summed E-state index contributed by atoms with van der Waals surface area (Å²) >= 11 is 0. The second-order valence-corrected chi connectivity index (χ2v) is 34.6. The van der Waals surface area contributed by atoms with Gasteiger partial charge in [0.25, 0.3) is 0 Å². The van der Waals surface area contributed by atoms with E-state index in [-0.39, 0.29) is 47.9 Å². The van der Waals surface area contributed by atoms with Crippen molar-refractivity contribution in [3.63, 3.8) is 0 Å². The van der Waals surface area contributed by atoms with Gasteiger partial charge < -0.3 is 63.1 Å². The summed E-state index contributed by atoms with van der Waals surface area (Å²) in [6.07, 6.45) is 28.9. The molecule has 1 saturated heterocycles. The molecule has 1 heterocycles. The number of hydrogen-bond acceptors (Lipinski definition) is 17. The predicted octanol–water partition coefficient (Wildman–Crippen LogP) is 30.6. The normalized spacial score (nSPS) is 11.7. The molecule has 0 atom stereocenters. The fraction of sp³-hybridized carbons (Fsp3) is 0.208. The number of nitrogens with zero attached hydrogens (tertiary/aromatic N) is 3. The number of aliphatic hydroxyl groups is 4. The van der Waals surface area contributed by atoms with Gasteiger partial charge in [-0.1, -0.05) is 300 Å². The van der Waals surface area contributed by atoms with Gasteiger partial charge in [-0.3, -0.25) is 13.9 Å². The molecule has 718 valence electrons. The zero-order valence-corrected chi connectivity index (χ0v) is 82.6. The van der Waals surface area contributed by atoms with Gasteiger partial charge in [-0.25, -0.2) is 4.57 Å². The third-order valence-electron chi connectivity index (χ3n) is 22.1. The summed E-state index contributed by atoms with van der Waals surface area (Å²) in [7, 11) is -0.0378. The Morgan fingerprint density at radius 2 is 0.518 bits per heavy atom. The Labute approximate surface area is 823 Å². The van der Waals surface area contributed by atoms with Gasteiger partial charge in [0.2, 0.25) is 0 Å². The van der Waals surface area contributed by atoms with E-state index in [1.165, 1.54) is 32.1 Å². The zero-order chi connectivity index (χ0) is 98.5. The average molecular weight is 1900 g/mol. The van der Waals surface area contributed by atoms with Crippen LogP contribution >= 0.6 is 16.3 Å². The Kier molecular flexibility index (Phi) is 46.5. The van der Waals surface area contributed by atoms with Gasteiger partial charge in [-0.15, -0.1) is 0 Å². The molecule has 14 aromatic rings. The van der Waals surface area contributed by atoms with Crippen LogP contribution in [0.5, 0.6) is 11.5 Å². The zero-order valence-electron chi connectivity index (χ0n) is 80.8. The van der Waals surface area contributed by atoms with Gasteiger partial charge in [-0.05, 0) is 263 Å². The number of anilines is 9. The molecule has 0 unspecified atom stereocenters. The number of benzene rings is 14. The average Bonchev–Trinajstić information content (AvgIpc) is 1.01. The number of methoxy groups -OCH3 is 2. The molecule has 1 aliphatic heterocycles. The number of aldehydes is 1. The minimum absolute atomic E-state index is 0.00113. The lowest BCUT2D eigenvalue weighted by atomic mass is 10.1. The summed E-state index contributed by atoms with van der Waals surface area (Å²) in [6, 6.07) is 113. The first kappa shape index (κ1) is 107. The van der Waals surface area contributed by atoms with E-state index in [0.717, 1.165) is 184 Å². The van der Waals surface area contributed by atoms with Crippen LogP contribution in [0.15, 0.2) is 340 Å². The maximum absolute atomic E-state index is 12.3. The maximum atomic E-state index is 12.3. The van der Waals surface area contributed by atoms with Crippen LogP contribution < -0.4 is 24.2 Å². The summed E-state index contributed by atoms with van der Waals surface area (Å²) in [5, 5.41) is 37.9.